The molecule has 1 saturated heterocycles. The number of nitrogens with one attached hydrogen (secondary N) is 1. The zero-order valence-electron chi connectivity index (χ0n) is 13.9. The van der Waals surface area contributed by atoms with Gasteiger partial charge in [-0.1, -0.05) is 13.8 Å². The van der Waals surface area contributed by atoms with E-state index < -0.39 is 0 Å². The van der Waals surface area contributed by atoms with Crippen LogP contribution in [0.4, 0.5) is 0 Å². The molecule has 0 amide bonds. The van der Waals surface area contributed by atoms with Crippen LogP contribution in [0.25, 0.3) is 0 Å². The Bertz CT molecular complexity index is 493. The molecule has 0 saturated carbocycles. The van der Waals surface area contributed by atoms with Crippen LogP contribution in [0.3, 0.4) is 0 Å². The maximum Gasteiger partial charge on any atom is 0.111 e. The van der Waals surface area contributed by atoms with Crippen molar-refractivity contribution >= 4 is 0 Å². The molecule has 5 nitrogen and oxygen atoms in total. The molecule has 1 aromatic heterocycles. The van der Waals surface area contributed by atoms with Crippen molar-refractivity contribution in [2.24, 2.45) is 0 Å². The molecule has 1 N–H and O–H groups in total. The predicted molar refractivity (Wildman–Crippen MR) is 85.6 cm³/mol. The highest BCUT2D eigenvalue weighted by Gasteiger charge is 2.27. The van der Waals surface area contributed by atoms with Crippen molar-refractivity contribution in [2.75, 3.05) is 40.3 Å². The summed E-state index contributed by atoms with van der Waals surface area (Å²) in [6.45, 7) is 11.1. The lowest BCUT2D eigenvalue weighted by Crippen LogP contribution is -2.51. The molecule has 3 heterocycles. The van der Waals surface area contributed by atoms with Crippen molar-refractivity contribution in [1.82, 2.24) is 24.7 Å². The summed E-state index contributed by atoms with van der Waals surface area (Å²) in [5.74, 6) is 1.76. The number of likely N-dealkylation sites (N-methyl/N-ethyl adjacent to an activating group) is 2. The molecule has 0 radical (unpaired) electrons. The van der Waals surface area contributed by atoms with Crippen LogP contribution >= 0.6 is 0 Å². The number of fused-ring (bicyclic) bond motifs is 1. The third-order valence-corrected chi connectivity index (χ3v) is 4.91. The molecule has 2 aliphatic rings. The minimum Gasteiger partial charge on any atom is -0.330 e. The van der Waals surface area contributed by atoms with Crippen LogP contribution in [-0.4, -0.2) is 65.7 Å². The summed E-state index contributed by atoms with van der Waals surface area (Å²) in [5, 5.41) is 3.45. The van der Waals surface area contributed by atoms with E-state index in [-0.39, 0.29) is 0 Å². The highest BCUT2D eigenvalue weighted by atomic mass is 15.3. The highest BCUT2D eigenvalue weighted by Crippen LogP contribution is 2.23. The first-order valence-electron chi connectivity index (χ1n) is 8.24. The molecule has 1 fully saturated rings. The van der Waals surface area contributed by atoms with Gasteiger partial charge in [0.2, 0.25) is 0 Å². The Morgan fingerprint density at radius 3 is 2.86 bits per heavy atom. The Labute approximate surface area is 128 Å². The van der Waals surface area contributed by atoms with E-state index in [2.05, 4.69) is 47.6 Å². The average molecular weight is 291 g/mol. The van der Waals surface area contributed by atoms with Gasteiger partial charge in [0.1, 0.15) is 5.82 Å². The van der Waals surface area contributed by atoms with Gasteiger partial charge in [0.05, 0.1) is 5.69 Å². The molecule has 21 heavy (non-hydrogen) atoms. The monoisotopic (exact) mass is 291 g/mol. The summed E-state index contributed by atoms with van der Waals surface area (Å²) in [4.78, 5) is 9.89. The lowest BCUT2D eigenvalue weighted by molar-refractivity contribution is 0.102. The third kappa shape index (κ3) is 3.00. The largest absolute Gasteiger partial charge is 0.330 e. The smallest absolute Gasteiger partial charge is 0.111 e. The SMILES string of the molecule is CC(C)c1nc2c(n1CC1CN(C)CCN1C)CCNC2. The van der Waals surface area contributed by atoms with Crippen molar-refractivity contribution in [3.63, 3.8) is 0 Å². The van der Waals surface area contributed by atoms with E-state index in [1.807, 2.05) is 0 Å². The van der Waals surface area contributed by atoms with E-state index in [9.17, 15) is 0 Å². The molecule has 1 atom stereocenters. The standard InChI is InChI=1S/C16H29N5/c1-12(2)16-18-14-9-17-6-5-15(14)21(16)11-13-10-19(3)7-8-20(13)4/h12-13,17H,5-11H2,1-4H3. The molecular formula is C16H29N5. The zero-order valence-corrected chi connectivity index (χ0v) is 13.9. The Hall–Kier alpha value is -0.910. The second-order valence-corrected chi connectivity index (χ2v) is 6.95. The van der Waals surface area contributed by atoms with E-state index in [0.717, 1.165) is 39.1 Å². The van der Waals surface area contributed by atoms with Gasteiger partial charge >= 0.3 is 0 Å². The van der Waals surface area contributed by atoms with E-state index >= 15 is 0 Å². The van der Waals surface area contributed by atoms with Crippen LogP contribution in [0.1, 0.15) is 37.0 Å². The topological polar surface area (TPSA) is 36.3 Å². The van der Waals surface area contributed by atoms with Gasteiger partial charge in [-0.05, 0) is 14.1 Å². The van der Waals surface area contributed by atoms with Crippen LogP contribution in [0.15, 0.2) is 0 Å². The Morgan fingerprint density at radius 2 is 2.10 bits per heavy atom. The molecule has 2 aliphatic heterocycles. The Morgan fingerprint density at radius 1 is 1.29 bits per heavy atom. The molecule has 0 aliphatic carbocycles. The number of piperazine rings is 1. The number of hydrogen-bond acceptors (Lipinski definition) is 4. The zero-order chi connectivity index (χ0) is 15.0. The van der Waals surface area contributed by atoms with Crippen LogP contribution in [0, 0.1) is 0 Å². The Balaban J connectivity index is 1.88. The summed E-state index contributed by atoms with van der Waals surface area (Å²) in [5.41, 5.74) is 2.75. The maximum absolute atomic E-state index is 4.93. The minimum absolute atomic E-state index is 0.488. The van der Waals surface area contributed by atoms with Gasteiger partial charge in [0, 0.05) is 63.3 Å². The maximum atomic E-state index is 4.93. The average Bonchev–Trinajstić information content (AvgIpc) is 2.82. The first-order chi connectivity index (χ1) is 10.1. The van der Waals surface area contributed by atoms with Crippen molar-refractivity contribution in [3.8, 4) is 0 Å². The first-order valence-corrected chi connectivity index (χ1v) is 8.24. The van der Waals surface area contributed by atoms with Crippen molar-refractivity contribution in [1.29, 1.82) is 0 Å². The molecule has 0 aromatic carbocycles. The van der Waals surface area contributed by atoms with Crippen LogP contribution in [-0.2, 0) is 19.5 Å². The summed E-state index contributed by atoms with van der Waals surface area (Å²) < 4.78 is 2.53. The van der Waals surface area contributed by atoms with Crippen LogP contribution < -0.4 is 5.32 Å². The van der Waals surface area contributed by atoms with Gasteiger partial charge in [-0.15, -0.1) is 0 Å². The molecule has 118 valence electrons. The first kappa shape index (κ1) is 15.0. The van der Waals surface area contributed by atoms with Gasteiger partial charge in [0.25, 0.3) is 0 Å². The Kier molecular flexibility index (Phi) is 4.33. The van der Waals surface area contributed by atoms with Gasteiger partial charge in [0.15, 0.2) is 0 Å². The number of nitrogens with zero attached hydrogens (tertiary/aromatic N) is 4. The number of rotatable bonds is 3. The molecule has 1 aromatic rings. The van der Waals surface area contributed by atoms with Gasteiger partial charge in [-0.2, -0.15) is 0 Å². The fourth-order valence-corrected chi connectivity index (χ4v) is 3.55. The summed E-state index contributed by atoms with van der Waals surface area (Å²) in [6, 6.07) is 0.592. The lowest BCUT2D eigenvalue weighted by atomic mass is 10.1. The van der Waals surface area contributed by atoms with E-state index in [0.29, 0.717) is 12.0 Å². The number of imidazole rings is 1. The third-order valence-electron chi connectivity index (χ3n) is 4.91. The van der Waals surface area contributed by atoms with Gasteiger partial charge in [-0.3, -0.25) is 4.90 Å². The second-order valence-electron chi connectivity index (χ2n) is 6.95. The van der Waals surface area contributed by atoms with E-state index in [1.165, 1.54) is 23.8 Å². The summed E-state index contributed by atoms with van der Waals surface area (Å²) in [6.07, 6.45) is 1.11. The predicted octanol–water partition coefficient (Wildman–Crippen LogP) is 0.898. The fraction of sp³-hybridized carbons (Fsp3) is 0.812. The summed E-state index contributed by atoms with van der Waals surface area (Å²) in [7, 11) is 4.49. The second kappa shape index (κ2) is 6.07. The fourth-order valence-electron chi connectivity index (χ4n) is 3.55. The van der Waals surface area contributed by atoms with Gasteiger partial charge in [-0.25, -0.2) is 4.98 Å². The quantitative estimate of drug-likeness (QED) is 0.898. The summed E-state index contributed by atoms with van der Waals surface area (Å²) >= 11 is 0. The molecule has 0 spiro atoms. The van der Waals surface area contributed by atoms with Crippen LogP contribution in [0.5, 0.6) is 0 Å². The molecule has 5 heteroatoms. The molecular weight excluding hydrogens is 262 g/mol. The normalized spacial score (nSPS) is 24.5. The van der Waals surface area contributed by atoms with Crippen molar-refractivity contribution in [2.45, 2.75) is 45.3 Å². The van der Waals surface area contributed by atoms with Crippen molar-refractivity contribution in [3.05, 3.63) is 17.2 Å². The molecule has 3 rings (SSSR count). The molecule has 1 unspecified atom stereocenters. The van der Waals surface area contributed by atoms with E-state index in [1.54, 1.807) is 0 Å². The molecule has 0 bridgehead atoms. The van der Waals surface area contributed by atoms with Crippen molar-refractivity contribution < 1.29 is 0 Å². The van der Waals surface area contributed by atoms with Gasteiger partial charge < -0.3 is 14.8 Å². The minimum atomic E-state index is 0.488. The number of hydrogen-bond donors (Lipinski definition) is 1. The van der Waals surface area contributed by atoms with E-state index in [4.69, 9.17) is 4.98 Å². The highest BCUT2D eigenvalue weighted by molar-refractivity contribution is 5.22. The number of aromatic nitrogens is 2. The van der Waals surface area contributed by atoms with Crippen LogP contribution in [0.2, 0.25) is 0 Å². The lowest BCUT2D eigenvalue weighted by Gasteiger charge is -2.38.